The molecule has 1 aromatic carbocycles. The zero-order chi connectivity index (χ0) is 27.7. The average molecular weight is 550 g/mol. The number of anilines is 1. The van der Waals surface area contributed by atoms with E-state index in [0.29, 0.717) is 11.2 Å². The Morgan fingerprint density at radius 3 is 2.66 bits per heavy atom. The topological polar surface area (TPSA) is 180 Å². The number of nitrogens with one attached hydrogen (secondary N) is 1. The molecule has 5 atom stereocenters. The van der Waals surface area contributed by atoms with E-state index in [2.05, 4.69) is 15.2 Å². The molecule has 2 aromatic heterocycles. The summed E-state index contributed by atoms with van der Waals surface area (Å²) in [5.74, 6) is -0.211. The lowest BCUT2D eigenvalue weighted by molar-refractivity contribution is -0.149. The van der Waals surface area contributed by atoms with Crippen LogP contribution in [-0.4, -0.2) is 67.8 Å². The smallest absolute Gasteiger partial charge is 0.459 e. The van der Waals surface area contributed by atoms with Crippen molar-refractivity contribution in [2.24, 2.45) is 0 Å². The lowest BCUT2D eigenvalue weighted by Gasteiger charge is -2.30. The number of hydrogen-bond donors (Lipinski definition) is 4. The van der Waals surface area contributed by atoms with E-state index >= 15 is 0 Å². The fourth-order valence-electron chi connectivity index (χ4n) is 4.23. The Balaban J connectivity index is 1.57. The third kappa shape index (κ3) is 5.39. The van der Waals surface area contributed by atoms with E-state index in [1.54, 1.807) is 56.3 Å². The SMILES string of the molecule is CCOC(=O)C(C)(C)NP(=O)(OCC1O[C@@](C)(c2ccc3c(N)ncnn23)[C@H](O)[C@@H]1O)Oc1ccccc1. The number of benzene rings is 1. The van der Waals surface area contributed by atoms with Crippen molar-refractivity contribution in [3.63, 3.8) is 0 Å². The lowest BCUT2D eigenvalue weighted by Crippen LogP contribution is -2.47. The van der Waals surface area contributed by atoms with E-state index in [1.165, 1.54) is 24.7 Å². The number of nitrogens with two attached hydrogens (primary N) is 1. The molecule has 0 aliphatic carbocycles. The van der Waals surface area contributed by atoms with Gasteiger partial charge in [-0.05, 0) is 52.0 Å². The van der Waals surface area contributed by atoms with Crippen LogP contribution in [0.2, 0.25) is 0 Å². The fourth-order valence-corrected chi connectivity index (χ4v) is 5.91. The van der Waals surface area contributed by atoms with Gasteiger partial charge in [-0.25, -0.2) is 14.1 Å². The molecule has 206 valence electrons. The number of fused-ring (bicyclic) bond motifs is 1. The zero-order valence-electron chi connectivity index (χ0n) is 21.5. The molecule has 0 spiro atoms. The molecule has 5 N–H and O–H groups in total. The minimum atomic E-state index is -4.25. The second-order valence-electron chi connectivity index (χ2n) is 9.51. The number of aromatic nitrogens is 3. The maximum Gasteiger partial charge on any atom is 0.459 e. The molecular weight excluding hydrogens is 517 g/mol. The number of nitrogens with zero attached hydrogens (tertiary/aromatic N) is 3. The monoisotopic (exact) mass is 549 g/mol. The Bertz CT molecular complexity index is 1340. The van der Waals surface area contributed by atoms with Crippen LogP contribution in [0.3, 0.4) is 0 Å². The molecule has 2 unspecified atom stereocenters. The van der Waals surface area contributed by atoms with Gasteiger partial charge in [0.2, 0.25) is 0 Å². The van der Waals surface area contributed by atoms with Crippen LogP contribution < -0.4 is 15.3 Å². The molecule has 0 saturated carbocycles. The maximum atomic E-state index is 13.9. The molecule has 3 aromatic rings. The molecule has 0 amide bonds. The average Bonchev–Trinajstić information content (AvgIpc) is 3.40. The number of hydrogen-bond acceptors (Lipinski definition) is 11. The molecule has 4 rings (SSSR count). The Kier molecular flexibility index (Phi) is 7.80. The van der Waals surface area contributed by atoms with Gasteiger partial charge in [0.15, 0.2) is 5.82 Å². The number of aliphatic hydroxyl groups excluding tert-OH is 2. The van der Waals surface area contributed by atoms with Crippen LogP contribution in [-0.2, 0) is 29.0 Å². The number of ether oxygens (including phenoxy) is 2. The van der Waals surface area contributed by atoms with Gasteiger partial charge in [-0.2, -0.15) is 10.2 Å². The number of nitrogen functional groups attached to an aromatic ring is 1. The van der Waals surface area contributed by atoms with Gasteiger partial charge >= 0.3 is 13.7 Å². The van der Waals surface area contributed by atoms with Gasteiger partial charge in [-0.1, -0.05) is 18.2 Å². The normalized spacial score (nSPS) is 25.3. The zero-order valence-corrected chi connectivity index (χ0v) is 22.4. The molecule has 1 saturated heterocycles. The first kappa shape index (κ1) is 28.0. The third-order valence-electron chi connectivity index (χ3n) is 6.24. The second-order valence-corrected chi connectivity index (χ2v) is 11.2. The third-order valence-corrected chi connectivity index (χ3v) is 8.01. The van der Waals surface area contributed by atoms with Gasteiger partial charge in [0.05, 0.1) is 18.9 Å². The van der Waals surface area contributed by atoms with Gasteiger partial charge in [0.25, 0.3) is 0 Å². The van der Waals surface area contributed by atoms with Gasteiger partial charge in [-0.3, -0.25) is 9.32 Å². The standard InChI is InChI=1S/C24H32N5O8P/c1-5-34-22(32)23(2,3)28-38(33,37-15-9-7-6-8-10-15)35-13-17-19(30)20(31)24(4,36-17)18-12-11-16-21(25)26-14-27-29(16)18/h6-12,14,17,19-20,30-31H,5,13H2,1-4H3,(H,28,33)(H2,25,26,27)/t17?,19-,20-,24+,38?/m1/s1. The van der Waals surface area contributed by atoms with Crippen LogP contribution in [0.4, 0.5) is 5.82 Å². The Morgan fingerprint density at radius 1 is 1.26 bits per heavy atom. The summed E-state index contributed by atoms with van der Waals surface area (Å²) < 4.78 is 37.8. The molecule has 0 radical (unpaired) electrons. The number of carbonyl (C=O) groups is 1. The summed E-state index contributed by atoms with van der Waals surface area (Å²) in [6.07, 6.45) is -2.68. The van der Waals surface area contributed by atoms with E-state index in [4.69, 9.17) is 24.3 Å². The summed E-state index contributed by atoms with van der Waals surface area (Å²) >= 11 is 0. The van der Waals surface area contributed by atoms with Crippen LogP contribution in [0, 0.1) is 0 Å². The minimum absolute atomic E-state index is 0.123. The molecule has 1 aliphatic heterocycles. The van der Waals surface area contributed by atoms with Crippen molar-refractivity contribution in [3.8, 4) is 5.75 Å². The summed E-state index contributed by atoms with van der Waals surface area (Å²) in [5.41, 5.74) is 3.96. The molecule has 3 heterocycles. The van der Waals surface area contributed by atoms with E-state index < -0.39 is 49.8 Å². The van der Waals surface area contributed by atoms with Gasteiger partial charge in [0.1, 0.15) is 47.0 Å². The molecule has 38 heavy (non-hydrogen) atoms. The van der Waals surface area contributed by atoms with Crippen LogP contribution in [0.1, 0.15) is 33.4 Å². The van der Waals surface area contributed by atoms with Crippen LogP contribution in [0.5, 0.6) is 5.75 Å². The summed E-state index contributed by atoms with van der Waals surface area (Å²) in [4.78, 5) is 16.4. The van der Waals surface area contributed by atoms with Crippen molar-refractivity contribution in [2.45, 2.75) is 57.1 Å². The Hall–Kier alpha value is -3.06. The van der Waals surface area contributed by atoms with Crippen LogP contribution in [0.25, 0.3) is 5.52 Å². The number of esters is 1. The fraction of sp³-hybridized carbons (Fsp3) is 0.458. The van der Waals surface area contributed by atoms with Crippen molar-refractivity contribution >= 4 is 25.1 Å². The van der Waals surface area contributed by atoms with Crippen molar-refractivity contribution < 1.29 is 38.1 Å². The van der Waals surface area contributed by atoms with Crippen molar-refractivity contribution in [1.29, 1.82) is 0 Å². The predicted molar refractivity (Wildman–Crippen MR) is 136 cm³/mol. The van der Waals surface area contributed by atoms with Crippen molar-refractivity contribution in [2.75, 3.05) is 18.9 Å². The van der Waals surface area contributed by atoms with Crippen molar-refractivity contribution in [1.82, 2.24) is 19.7 Å². The summed E-state index contributed by atoms with van der Waals surface area (Å²) in [6, 6.07) is 11.6. The molecule has 13 nitrogen and oxygen atoms in total. The van der Waals surface area contributed by atoms with Gasteiger partial charge in [-0.15, -0.1) is 0 Å². The highest BCUT2D eigenvalue weighted by Gasteiger charge is 2.54. The van der Waals surface area contributed by atoms with Crippen LogP contribution in [0.15, 0.2) is 48.8 Å². The Morgan fingerprint density at radius 2 is 1.97 bits per heavy atom. The van der Waals surface area contributed by atoms with E-state index in [1.807, 2.05) is 0 Å². The molecule has 1 fully saturated rings. The summed E-state index contributed by atoms with van der Waals surface area (Å²) in [7, 11) is -4.25. The van der Waals surface area contributed by atoms with E-state index in [-0.39, 0.29) is 18.2 Å². The highest BCUT2D eigenvalue weighted by atomic mass is 31.2. The highest BCUT2D eigenvalue weighted by Crippen LogP contribution is 2.48. The molecule has 14 heteroatoms. The largest absolute Gasteiger partial charge is 0.465 e. The number of carbonyl (C=O) groups excluding carboxylic acids is 1. The van der Waals surface area contributed by atoms with Gasteiger partial charge in [0, 0.05) is 0 Å². The first-order chi connectivity index (χ1) is 17.9. The summed E-state index contributed by atoms with van der Waals surface area (Å²) in [5, 5.41) is 28.6. The first-order valence-corrected chi connectivity index (χ1v) is 13.5. The van der Waals surface area contributed by atoms with Crippen LogP contribution >= 0.6 is 7.75 Å². The molecule has 0 bridgehead atoms. The second kappa shape index (κ2) is 10.6. The highest BCUT2D eigenvalue weighted by molar-refractivity contribution is 7.52. The van der Waals surface area contributed by atoms with Crippen molar-refractivity contribution in [3.05, 3.63) is 54.5 Å². The first-order valence-electron chi connectivity index (χ1n) is 12.0. The summed E-state index contributed by atoms with van der Waals surface area (Å²) in [6.45, 7) is 5.86. The molecule has 1 aliphatic rings. The number of aliphatic hydroxyl groups is 2. The maximum absolute atomic E-state index is 13.9. The van der Waals surface area contributed by atoms with E-state index in [9.17, 15) is 19.6 Å². The van der Waals surface area contributed by atoms with Gasteiger partial charge < -0.3 is 29.9 Å². The minimum Gasteiger partial charge on any atom is -0.465 e. The Labute approximate surface area is 219 Å². The quantitative estimate of drug-likeness (QED) is 0.213. The number of para-hydroxylation sites is 1. The molecular formula is C24H32N5O8P. The lowest BCUT2D eigenvalue weighted by atomic mass is 9.93. The number of rotatable bonds is 10. The van der Waals surface area contributed by atoms with E-state index in [0.717, 1.165) is 0 Å². The predicted octanol–water partition coefficient (Wildman–Crippen LogP) is 1.78.